The highest BCUT2D eigenvalue weighted by molar-refractivity contribution is 6.33. The summed E-state index contributed by atoms with van der Waals surface area (Å²) in [6.07, 6.45) is 3.23. The van der Waals surface area contributed by atoms with E-state index in [1.165, 1.54) is 0 Å². The van der Waals surface area contributed by atoms with Crippen molar-refractivity contribution in [2.75, 3.05) is 24.9 Å². The summed E-state index contributed by atoms with van der Waals surface area (Å²) in [6, 6.07) is 15.6. The summed E-state index contributed by atoms with van der Waals surface area (Å²) in [5.74, 6) is 1.76. The van der Waals surface area contributed by atoms with E-state index in [2.05, 4.69) is 15.6 Å². The van der Waals surface area contributed by atoms with Gasteiger partial charge in [-0.2, -0.15) is 4.98 Å². The monoisotopic (exact) mass is 502 g/mol. The lowest BCUT2D eigenvalue weighted by molar-refractivity contribution is -0.113. The van der Waals surface area contributed by atoms with Crippen LogP contribution < -0.4 is 20.1 Å². The molecule has 1 unspecified atom stereocenters. The van der Waals surface area contributed by atoms with Gasteiger partial charge in [0.25, 0.3) is 5.91 Å². The number of pyridine rings is 1. The van der Waals surface area contributed by atoms with Gasteiger partial charge < -0.3 is 20.1 Å². The maximum Gasteiger partial charge on any atom is 0.255 e. The molecule has 0 aliphatic carbocycles. The van der Waals surface area contributed by atoms with Crippen LogP contribution in [-0.2, 0) is 4.79 Å². The van der Waals surface area contributed by atoms with E-state index in [4.69, 9.17) is 31.2 Å². The van der Waals surface area contributed by atoms with Gasteiger partial charge in [0, 0.05) is 23.0 Å². The van der Waals surface area contributed by atoms with Crippen LogP contribution in [0, 0.1) is 0 Å². The third kappa shape index (κ3) is 4.25. The number of rotatable bonds is 6. The zero-order valence-corrected chi connectivity index (χ0v) is 20.6. The predicted molar refractivity (Wildman–Crippen MR) is 137 cm³/mol. The van der Waals surface area contributed by atoms with Crippen molar-refractivity contribution in [2.24, 2.45) is 0 Å². The number of methoxy groups -OCH3 is 2. The van der Waals surface area contributed by atoms with Crippen molar-refractivity contribution in [3.63, 3.8) is 0 Å². The summed E-state index contributed by atoms with van der Waals surface area (Å²) in [7, 11) is 3.16. The first-order valence-electron chi connectivity index (χ1n) is 11.1. The van der Waals surface area contributed by atoms with Crippen LogP contribution >= 0.6 is 11.6 Å². The molecule has 1 aliphatic rings. The zero-order chi connectivity index (χ0) is 25.2. The third-order valence-corrected chi connectivity index (χ3v) is 6.19. The van der Waals surface area contributed by atoms with Crippen LogP contribution in [0.2, 0.25) is 5.02 Å². The van der Waals surface area contributed by atoms with Crippen LogP contribution in [-0.4, -0.2) is 39.9 Å². The molecule has 1 atom stereocenters. The molecule has 4 aromatic rings. The number of nitrogens with one attached hydrogen (secondary N) is 2. The third-order valence-electron chi connectivity index (χ3n) is 5.86. The molecule has 2 aromatic carbocycles. The number of anilines is 2. The molecule has 1 aliphatic heterocycles. The van der Waals surface area contributed by atoms with Gasteiger partial charge in [-0.15, -0.1) is 5.10 Å². The van der Waals surface area contributed by atoms with Gasteiger partial charge in [0.15, 0.2) is 5.82 Å². The van der Waals surface area contributed by atoms with Gasteiger partial charge in [-0.25, -0.2) is 4.68 Å². The topological polar surface area (TPSA) is 103 Å². The average molecular weight is 503 g/mol. The maximum atomic E-state index is 13.7. The fourth-order valence-corrected chi connectivity index (χ4v) is 4.40. The Morgan fingerprint density at radius 2 is 1.94 bits per heavy atom. The normalized spacial score (nSPS) is 14.6. The van der Waals surface area contributed by atoms with Crippen LogP contribution in [0.1, 0.15) is 18.5 Å². The Balaban J connectivity index is 1.68. The molecule has 0 saturated carbocycles. The van der Waals surface area contributed by atoms with Crippen LogP contribution in [0.25, 0.3) is 11.4 Å². The number of amides is 1. The number of nitrogens with zero attached hydrogens (tertiary/aromatic N) is 4. The second-order valence-corrected chi connectivity index (χ2v) is 8.46. The van der Waals surface area contributed by atoms with Gasteiger partial charge >= 0.3 is 0 Å². The zero-order valence-electron chi connectivity index (χ0n) is 19.8. The van der Waals surface area contributed by atoms with E-state index in [1.807, 2.05) is 31.2 Å². The van der Waals surface area contributed by atoms with Crippen LogP contribution in [0.4, 0.5) is 11.6 Å². The van der Waals surface area contributed by atoms with Crippen LogP contribution in [0.5, 0.6) is 11.5 Å². The summed E-state index contributed by atoms with van der Waals surface area (Å²) in [6.45, 7) is 1.82. The first-order valence-corrected chi connectivity index (χ1v) is 11.5. The van der Waals surface area contributed by atoms with E-state index >= 15 is 0 Å². The molecule has 2 N–H and O–H groups in total. The largest absolute Gasteiger partial charge is 0.497 e. The Bertz CT molecular complexity index is 1470. The van der Waals surface area contributed by atoms with E-state index in [1.54, 1.807) is 61.6 Å². The Hall–Kier alpha value is -4.37. The molecule has 0 radical (unpaired) electrons. The Morgan fingerprint density at radius 3 is 2.67 bits per heavy atom. The molecular weight excluding hydrogens is 480 g/mol. The maximum absolute atomic E-state index is 13.7. The smallest absolute Gasteiger partial charge is 0.255 e. The molecular formula is C26H23ClN6O3. The number of hydrogen-bond acceptors (Lipinski definition) is 7. The fourth-order valence-electron chi connectivity index (χ4n) is 4.18. The summed E-state index contributed by atoms with van der Waals surface area (Å²) >= 11 is 6.43. The molecule has 3 heterocycles. The highest BCUT2D eigenvalue weighted by Crippen LogP contribution is 2.42. The van der Waals surface area contributed by atoms with Crippen molar-refractivity contribution >= 4 is 29.1 Å². The van der Waals surface area contributed by atoms with E-state index in [0.717, 1.165) is 0 Å². The minimum atomic E-state index is -0.674. The van der Waals surface area contributed by atoms with Gasteiger partial charge in [-0.05, 0) is 49.4 Å². The standard InChI is InChI=1S/C26H23ClN6O3/c1-15-22(25(34)30-16-7-6-12-28-14-16)23(19-13-17(35-2)10-11-21(19)36-3)33-26(29-15)31-24(32-33)18-8-4-5-9-20(18)27/h4-14,23H,1-3H3,(H,30,34)(H,29,31,32). The molecule has 36 heavy (non-hydrogen) atoms. The van der Waals surface area contributed by atoms with Crippen LogP contribution in [0.3, 0.4) is 0 Å². The SMILES string of the molecule is COc1ccc(OC)c(C2C(C(=O)Nc3cccnc3)=C(C)Nc3nc(-c4ccccc4Cl)nn32)c1. The first-order chi connectivity index (χ1) is 17.5. The molecule has 5 rings (SSSR count). The van der Waals surface area contributed by atoms with E-state index < -0.39 is 6.04 Å². The van der Waals surface area contributed by atoms with Crippen molar-refractivity contribution < 1.29 is 14.3 Å². The summed E-state index contributed by atoms with van der Waals surface area (Å²) in [5, 5.41) is 11.5. The van der Waals surface area contributed by atoms with Crippen molar-refractivity contribution in [1.82, 2.24) is 19.7 Å². The Morgan fingerprint density at radius 1 is 1.11 bits per heavy atom. The van der Waals surface area contributed by atoms with E-state index in [9.17, 15) is 4.79 Å². The Kier molecular flexibility index (Phi) is 6.30. The lowest BCUT2D eigenvalue weighted by Gasteiger charge is -2.29. The van der Waals surface area contributed by atoms with Crippen molar-refractivity contribution in [1.29, 1.82) is 0 Å². The molecule has 0 spiro atoms. The number of carbonyl (C=O) groups is 1. The average Bonchev–Trinajstić information content (AvgIpc) is 3.31. The highest BCUT2D eigenvalue weighted by Gasteiger charge is 2.36. The number of allylic oxidation sites excluding steroid dienone is 1. The molecule has 182 valence electrons. The number of ether oxygens (including phenoxy) is 2. The minimum Gasteiger partial charge on any atom is -0.497 e. The molecule has 1 amide bonds. The number of benzene rings is 2. The molecule has 10 heteroatoms. The number of fused-ring (bicyclic) bond motifs is 1. The number of halogens is 1. The fraction of sp³-hybridized carbons (Fsp3) is 0.154. The highest BCUT2D eigenvalue weighted by atomic mass is 35.5. The van der Waals surface area contributed by atoms with E-state index in [-0.39, 0.29) is 5.91 Å². The van der Waals surface area contributed by atoms with Gasteiger partial charge in [-0.3, -0.25) is 9.78 Å². The minimum absolute atomic E-state index is 0.316. The molecule has 0 bridgehead atoms. The first kappa shape index (κ1) is 23.4. The van der Waals surface area contributed by atoms with Crippen molar-refractivity contribution in [3.05, 3.63) is 88.8 Å². The summed E-state index contributed by atoms with van der Waals surface area (Å²) in [5.41, 5.74) is 3.00. The lowest BCUT2D eigenvalue weighted by Crippen LogP contribution is -2.31. The molecule has 9 nitrogen and oxygen atoms in total. The quantitative estimate of drug-likeness (QED) is 0.385. The van der Waals surface area contributed by atoms with Crippen molar-refractivity contribution in [2.45, 2.75) is 13.0 Å². The lowest BCUT2D eigenvalue weighted by atomic mass is 9.94. The van der Waals surface area contributed by atoms with Gasteiger partial charge in [0.1, 0.15) is 17.5 Å². The summed E-state index contributed by atoms with van der Waals surface area (Å²) < 4.78 is 12.8. The van der Waals surface area contributed by atoms with Gasteiger partial charge in [-0.1, -0.05) is 23.7 Å². The summed E-state index contributed by atoms with van der Waals surface area (Å²) in [4.78, 5) is 22.4. The second kappa shape index (κ2) is 9.71. The molecule has 2 aromatic heterocycles. The van der Waals surface area contributed by atoms with E-state index in [0.29, 0.717) is 56.4 Å². The number of hydrogen-bond donors (Lipinski definition) is 2. The predicted octanol–water partition coefficient (Wildman–Crippen LogP) is 4.94. The van der Waals surface area contributed by atoms with Crippen molar-refractivity contribution in [3.8, 4) is 22.9 Å². The van der Waals surface area contributed by atoms with Crippen LogP contribution in [0.15, 0.2) is 78.3 Å². The Labute approximate surface area is 212 Å². The number of aromatic nitrogens is 4. The number of carbonyl (C=O) groups excluding carboxylic acids is 1. The second-order valence-electron chi connectivity index (χ2n) is 8.05. The van der Waals surface area contributed by atoms with Gasteiger partial charge in [0.05, 0.1) is 36.7 Å². The van der Waals surface area contributed by atoms with Gasteiger partial charge in [0.2, 0.25) is 5.95 Å². The molecule has 0 saturated heterocycles. The molecule has 0 fully saturated rings.